The van der Waals surface area contributed by atoms with Crippen LogP contribution in [0.15, 0.2) is 30.5 Å². The molecule has 1 N–H and O–H groups in total. The van der Waals surface area contributed by atoms with Gasteiger partial charge in [0.1, 0.15) is 5.82 Å². The summed E-state index contributed by atoms with van der Waals surface area (Å²) in [4.78, 5) is 10.4. The maximum Gasteiger partial charge on any atom is 0.153 e. The third-order valence-corrected chi connectivity index (χ3v) is 5.13. The predicted molar refractivity (Wildman–Crippen MR) is 91.4 cm³/mol. The molecule has 1 aliphatic heterocycles. The molecule has 0 bridgehead atoms. The molecule has 0 saturated carbocycles. The van der Waals surface area contributed by atoms with Crippen LogP contribution in [0.1, 0.15) is 35.3 Å². The van der Waals surface area contributed by atoms with E-state index in [1.54, 1.807) is 12.1 Å². The number of halogens is 1. The van der Waals surface area contributed by atoms with Crippen molar-refractivity contribution in [3.63, 3.8) is 0 Å². The highest BCUT2D eigenvalue weighted by atomic mass is 19.1. The first-order valence-electron chi connectivity index (χ1n) is 8.05. The largest absolute Gasteiger partial charge is 0.355 e. The Balaban J connectivity index is 1.84. The van der Waals surface area contributed by atoms with Crippen molar-refractivity contribution >= 4 is 16.7 Å². The lowest BCUT2D eigenvalue weighted by Gasteiger charge is -2.36. The van der Waals surface area contributed by atoms with Crippen LogP contribution in [0, 0.1) is 19.7 Å². The van der Waals surface area contributed by atoms with Crippen LogP contribution in [-0.4, -0.2) is 16.5 Å². The van der Waals surface area contributed by atoms with Crippen molar-refractivity contribution in [2.75, 3.05) is 11.4 Å². The molecular weight excluding hydrogens is 289 g/mol. The SMILES string of the molecule is Cc1[nH]c2c(N3CCc4ccc(F)cc4C3C)nccc2c1C. The maximum absolute atomic E-state index is 13.7. The minimum Gasteiger partial charge on any atom is -0.355 e. The van der Waals surface area contributed by atoms with Gasteiger partial charge in [0.25, 0.3) is 0 Å². The van der Waals surface area contributed by atoms with Crippen molar-refractivity contribution in [1.29, 1.82) is 0 Å². The zero-order valence-electron chi connectivity index (χ0n) is 13.7. The second kappa shape index (κ2) is 5.08. The molecule has 118 valence electrons. The van der Waals surface area contributed by atoms with Crippen LogP contribution in [0.4, 0.5) is 10.2 Å². The first kappa shape index (κ1) is 14.2. The number of anilines is 1. The smallest absolute Gasteiger partial charge is 0.153 e. The third kappa shape index (κ3) is 2.12. The summed E-state index contributed by atoms with van der Waals surface area (Å²) in [5.74, 6) is 0.788. The minimum absolute atomic E-state index is 0.108. The molecule has 0 spiro atoms. The molecule has 1 aromatic carbocycles. The van der Waals surface area contributed by atoms with E-state index in [0.29, 0.717) is 0 Å². The van der Waals surface area contributed by atoms with Gasteiger partial charge in [0.2, 0.25) is 0 Å². The molecule has 0 aliphatic carbocycles. The number of benzene rings is 1. The highest BCUT2D eigenvalue weighted by Crippen LogP contribution is 2.36. The topological polar surface area (TPSA) is 31.9 Å². The van der Waals surface area contributed by atoms with Crippen molar-refractivity contribution in [2.24, 2.45) is 0 Å². The Labute approximate surface area is 135 Å². The Hall–Kier alpha value is -2.36. The van der Waals surface area contributed by atoms with E-state index in [4.69, 9.17) is 0 Å². The average molecular weight is 309 g/mol. The first-order valence-corrected chi connectivity index (χ1v) is 8.05. The maximum atomic E-state index is 13.7. The second-order valence-corrected chi connectivity index (χ2v) is 6.39. The van der Waals surface area contributed by atoms with E-state index in [-0.39, 0.29) is 11.9 Å². The summed E-state index contributed by atoms with van der Waals surface area (Å²) < 4.78 is 13.7. The van der Waals surface area contributed by atoms with E-state index in [0.717, 1.165) is 29.9 Å². The Morgan fingerprint density at radius 1 is 1.26 bits per heavy atom. The number of aromatic amines is 1. The number of H-pyrrole nitrogens is 1. The summed E-state index contributed by atoms with van der Waals surface area (Å²) in [6, 6.07) is 7.29. The van der Waals surface area contributed by atoms with E-state index in [1.807, 2.05) is 12.3 Å². The van der Waals surface area contributed by atoms with Gasteiger partial charge in [-0.15, -0.1) is 0 Å². The fraction of sp³-hybridized carbons (Fsp3) is 0.316. The third-order valence-electron chi connectivity index (χ3n) is 5.13. The van der Waals surface area contributed by atoms with Crippen LogP contribution in [0.5, 0.6) is 0 Å². The van der Waals surface area contributed by atoms with Crippen molar-refractivity contribution in [3.8, 4) is 0 Å². The molecule has 0 fully saturated rings. The van der Waals surface area contributed by atoms with Crippen LogP contribution in [0.3, 0.4) is 0 Å². The molecule has 3 aromatic rings. The van der Waals surface area contributed by atoms with E-state index in [2.05, 4.69) is 41.7 Å². The molecule has 3 heterocycles. The molecule has 1 atom stereocenters. The normalized spacial score (nSPS) is 17.6. The van der Waals surface area contributed by atoms with Gasteiger partial charge in [0, 0.05) is 23.8 Å². The lowest BCUT2D eigenvalue weighted by molar-refractivity contribution is 0.591. The average Bonchev–Trinajstić information content (AvgIpc) is 2.84. The fourth-order valence-corrected chi connectivity index (χ4v) is 3.66. The molecule has 1 unspecified atom stereocenters. The predicted octanol–water partition coefficient (Wildman–Crippen LogP) is 4.44. The number of hydrogen-bond donors (Lipinski definition) is 1. The van der Waals surface area contributed by atoms with Crippen molar-refractivity contribution in [2.45, 2.75) is 33.2 Å². The molecular formula is C19H20FN3. The highest BCUT2D eigenvalue weighted by Gasteiger charge is 2.27. The van der Waals surface area contributed by atoms with Gasteiger partial charge in [-0.05, 0) is 62.1 Å². The number of nitrogens with one attached hydrogen (secondary N) is 1. The van der Waals surface area contributed by atoms with Crippen LogP contribution >= 0.6 is 0 Å². The molecule has 1 aliphatic rings. The Morgan fingerprint density at radius 2 is 2.09 bits per heavy atom. The van der Waals surface area contributed by atoms with Crippen molar-refractivity contribution in [1.82, 2.24) is 9.97 Å². The molecule has 0 amide bonds. The second-order valence-electron chi connectivity index (χ2n) is 6.39. The summed E-state index contributed by atoms with van der Waals surface area (Å²) in [5, 5.41) is 1.21. The monoisotopic (exact) mass is 309 g/mol. The number of aryl methyl sites for hydroxylation is 2. The zero-order valence-corrected chi connectivity index (χ0v) is 13.7. The summed E-state index contributed by atoms with van der Waals surface area (Å²) in [6.07, 6.45) is 2.78. The standard InChI is InChI=1S/C19H20FN3/c1-11-12(2)22-18-16(11)6-8-21-19(18)23-9-7-14-4-5-15(20)10-17(14)13(23)3/h4-6,8,10,13,22H,7,9H2,1-3H3. The lowest BCUT2D eigenvalue weighted by Crippen LogP contribution is -2.34. The van der Waals surface area contributed by atoms with Gasteiger partial charge >= 0.3 is 0 Å². The van der Waals surface area contributed by atoms with Crippen molar-refractivity contribution < 1.29 is 4.39 Å². The van der Waals surface area contributed by atoms with E-state index in [9.17, 15) is 4.39 Å². The van der Waals surface area contributed by atoms with Crippen molar-refractivity contribution in [3.05, 3.63) is 58.7 Å². The van der Waals surface area contributed by atoms with Crippen LogP contribution in [0.2, 0.25) is 0 Å². The lowest BCUT2D eigenvalue weighted by atomic mass is 9.93. The molecule has 0 saturated heterocycles. The first-order chi connectivity index (χ1) is 11.1. The molecule has 4 rings (SSSR count). The number of rotatable bonds is 1. The van der Waals surface area contributed by atoms with Gasteiger partial charge in [0.05, 0.1) is 11.6 Å². The number of fused-ring (bicyclic) bond motifs is 2. The number of pyridine rings is 1. The Bertz CT molecular complexity index is 897. The Morgan fingerprint density at radius 3 is 2.91 bits per heavy atom. The van der Waals surface area contributed by atoms with E-state index >= 15 is 0 Å². The van der Waals surface area contributed by atoms with Crippen LogP contribution in [0.25, 0.3) is 10.9 Å². The number of nitrogens with zero attached hydrogens (tertiary/aromatic N) is 2. The van der Waals surface area contributed by atoms with Crippen LogP contribution in [-0.2, 0) is 6.42 Å². The number of hydrogen-bond acceptors (Lipinski definition) is 2. The van der Waals surface area contributed by atoms with Gasteiger partial charge in [-0.3, -0.25) is 0 Å². The summed E-state index contributed by atoms with van der Waals surface area (Å²) in [7, 11) is 0. The van der Waals surface area contributed by atoms with Gasteiger partial charge < -0.3 is 9.88 Å². The van der Waals surface area contributed by atoms with Gasteiger partial charge in [0.15, 0.2) is 5.82 Å². The summed E-state index contributed by atoms with van der Waals surface area (Å²) >= 11 is 0. The zero-order chi connectivity index (χ0) is 16.1. The highest BCUT2D eigenvalue weighted by molar-refractivity contribution is 5.92. The van der Waals surface area contributed by atoms with Gasteiger partial charge in [-0.2, -0.15) is 0 Å². The number of aromatic nitrogens is 2. The van der Waals surface area contributed by atoms with Gasteiger partial charge in [-0.1, -0.05) is 6.07 Å². The van der Waals surface area contributed by atoms with E-state index < -0.39 is 0 Å². The summed E-state index contributed by atoms with van der Waals surface area (Å²) in [6.45, 7) is 7.23. The molecule has 23 heavy (non-hydrogen) atoms. The minimum atomic E-state index is -0.171. The summed E-state index contributed by atoms with van der Waals surface area (Å²) in [5.41, 5.74) is 5.82. The quantitative estimate of drug-likeness (QED) is 0.720. The van der Waals surface area contributed by atoms with Crippen LogP contribution < -0.4 is 4.90 Å². The molecule has 0 radical (unpaired) electrons. The Kier molecular flexibility index (Phi) is 3.15. The molecule has 4 heteroatoms. The molecule has 2 aromatic heterocycles. The molecule has 3 nitrogen and oxygen atoms in total. The van der Waals surface area contributed by atoms with E-state index in [1.165, 1.54) is 22.2 Å². The fourth-order valence-electron chi connectivity index (χ4n) is 3.66. The van der Waals surface area contributed by atoms with Gasteiger partial charge in [-0.25, -0.2) is 9.37 Å².